The molecule has 0 amide bonds. The van der Waals surface area contributed by atoms with Gasteiger partial charge in [0.25, 0.3) is 0 Å². The molecule has 2 nitrogen and oxygen atoms in total. The first-order chi connectivity index (χ1) is 8.70. The van der Waals surface area contributed by atoms with E-state index < -0.39 is 0 Å². The zero-order valence-corrected chi connectivity index (χ0v) is 12.1. The van der Waals surface area contributed by atoms with Gasteiger partial charge < -0.3 is 10.1 Å². The van der Waals surface area contributed by atoms with E-state index >= 15 is 0 Å². The summed E-state index contributed by atoms with van der Waals surface area (Å²) in [5.74, 6) is 0. The molecule has 2 rings (SSSR count). The van der Waals surface area contributed by atoms with Gasteiger partial charge >= 0.3 is 0 Å². The van der Waals surface area contributed by atoms with Gasteiger partial charge in [0.05, 0.1) is 6.10 Å². The summed E-state index contributed by atoms with van der Waals surface area (Å²) in [6, 6.07) is 5.91. The number of ether oxygens (including phenoxy) is 1. The molecule has 1 heterocycles. The van der Waals surface area contributed by atoms with Crippen LogP contribution in [0.3, 0.4) is 0 Å². The van der Waals surface area contributed by atoms with Crippen LogP contribution in [0.5, 0.6) is 0 Å². The summed E-state index contributed by atoms with van der Waals surface area (Å²) in [6.07, 6.45) is 4.65. The average Bonchev–Trinajstić information content (AvgIpc) is 2.41. The van der Waals surface area contributed by atoms with Crippen LogP contribution in [0.4, 0.5) is 0 Å². The number of halogens is 2. The highest BCUT2D eigenvalue weighted by Crippen LogP contribution is 2.24. The van der Waals surface area contributed by atoms with Crippen molar-refractivity contribution in [3.63, 3.8) is 0 Å². The standard InChI is InChI=1S/C14H19Cl2NO/c1-17-13(14-4-2-3-7-18-14)9-10-8-11(15)5-6-12(10)16/h5-6,8,13-14,17H,2-4,7,9H2,1H3. The number of benzene rings is 1. The lowest BCUT2D eigenvalue weighted by Gasteiger charge is -2.30. The first-order valence-corrected chi connectivity index (χ1v) is 7.19. The van der Waals surface area contributed by atoms with Gasteiger partial charge in [0, 0.05) is 22.7 Å². The molecule has 2 atom stereocenters. The fraction of sp³-hybridized carbons (Fsp3) is 0.571. The second kappa shape index (κ2) is 6.76. The van der Waals surface area contributed by atoms with E-state index in [0.717, 1.165) is 35.1 Å². The van der Waals surface area contributed by atoms with Crippen LogP contribution in [0.25, 0.3) is 0 Å². The molecule has 1 N–H and O–H groups in total. The summed E-state index contributed by atoms with van der Waals surface area (Å²) >= 11 is 12.2. The maximum atomic E-state index is 6.21. The number of likely N-dealkylation sites (N-methyl/N-ethyl adjacent to an activating group) is 1. The van der Waals surface area contributed by atoms with E-state index in [9.17, 15) is 0 Å². The maximum Gasteiger partial charge on any atom is 0.0731 e. The Morgan fingerprint density at radius 3 is 2.89 bits per heavy atom. The number of rotatable bonds is 4. The van der Waals surface area contributed by atoms with E-state index in [1.807, 2.05) is 25.2 Å². The predicted octanol–water partition coefficient (Wildman–Crippen LogP) is 3.69. The predicted molar refractivity (Wildman–Crippen MR) is 76.6 cm³/mol. The quantitative estimate of drug-likeness (QED) is 0.912. The molecule has 18 heavy (non-hydrogen) atoms. The van der Waals surface area contributed by atoms with Crippen LogP contribution in [0.15, 0.2) is 18.2 Å². The largest absolute Gasteiger partial charge is 0.377 e. The minimum Gasteiger partial charge on any atom is -0.377 e. The van der Waals surface area contributed by atoms with Crippen molar-refractivity contribution in [2.24, 2.45) is 0 Å². The fourth-order valence-corrected chi connectivity index (χ4v) is 2.83. The zero-order chi connectivity index (χ0) is 13.0. The van der Waals surface area contributed by atoms with Crippen molar-refractivity contribution in [3.8, 4) is 0 Å². The molecule has 0 spiro atoms. The first-order valence-electron chi connectivity index (χ1n) is 6.43. The molecule has 1 aliphatic heterocycles. The molecule has 1 saturated heterocycles. The van der Waals surface area contributed by atoms with Crippen molar-refractivity contribution in [3.05, 3.63) is 33.8 Å². The summed E-state index contributed by atoms with van der Waals surface area (Å²) in [6.45, 7) is 0.867. The second-order valence-corrected chi connectivity index (χ2v) is 5.58. The van der Waals surface area contributed by atoms with Gasteiger partial charge in [-0.15, -0.1) is 0 Å². The van der Waals surface area contributed by atoms with Crippen molar-refractivity contribution in [1.82, 2.24) is 5.32 Å². The Labute approximate surface area is 119 Å². The lowest BCUT2D eigenvalue weighted by molar-refractivity contribution is -0.00586. The molecule has 1 aliphatic rings. The molecule has 0 saturated carbocycles. The molecular formula is C14H19Cl2NO. The van der Waals surface area contributed by atoms with Gasteiger partial charge in [0.2, 0.25) is 0 Å². The SMILES string of the molecule is CNC(Cc1cc(Cl)ccc1Cl)C1CCCCO1. The third-order valence-electron chi connectivity index (χ3n) is 3.48. The Hall–Kier alpha value is -0.280. The summed E-state index contributed by atoms with van der Waals surface area (Å²) in [4.78, 5) is 0. The zero-order valence-electron chi connectivity index (χ0n) is 10.6. The Bertz CT molecular complexity index is 391. The summed E-state index contributed by atoms with van der Waals surface area (Å²) < 4.78 is 5.83. The molecule has 1 aromatic carbocycles. The fourth-order valence-electron chi connectivity index (χ4n) is 2.44. The third-order valence-corrected chi connectivity index (χ3v) is 4.09. The molecule has 2 unspecified atom stereocenters. The molecule has 0 radical (unpaired) electrons. The van der Waals surface area contributed by atoms with E-state index in [4.69, 9.17) is 27.9 Å². The topological polar surface area (TPSA) is 21.3 Å². The Morgan fingerprint density at radius 2 is 2.22 bits per heavy atom. The van der Waals surface area contributed by atoms with Crippen molar-refractivity contribution in [2.75, 3.05) is 13.7 Å². The number of hydrogen-bond donors (Lipinski definition) is 1. The lowest BCUT2D eigenvalue weighted by Crippen LogP contribution is -2.42. The molecule has 1 fully saturated rings. The van der Waals surface area contributed by atoms with E-state index in [1.54, 1.807) is 0 Å². The maximum absolute atomic E-state index is 6.21. The van der Waals surface area contributed by atoms with Crippen molar-refractivity contribution in [1.29, 1.82) is 0 Å². The third kappa shape index (κ3) is 3.61. The minimum absolute atomic E-state index is 0.277. The van der Waals surface area contributed by atoms with Crippen LogP contribution in [-0.4, -0.2) is 25.8 Å². The van der Waals surface area contributed by atoms with Crippen LogP contribution in [-0.2, 0) is 11.2 Å². The molecule has 100 valence electrons. The van der Waals surface area contributed by atoms with Gasteiger partial charge in [-0.1, -0.05) is 23.2 Å². The van der Waals surface area contributed by atoms with Crippen LogP contribution in [0, 0.1) is 0 Å². The van der Waals surface area contributed by atoms with Gasteiger partial charge in [-0.25, -0.2) is 0 Å². The first kappa shape index (κ1) is 14.1. The minimum atomic E-state index is 0.277. The van der Waals surface area contributed by atoms with Gasteiger partial charge in [-0.3, -0.25) is 0 Å². The Morgan fingerprint density at radius 1 is 1.39 bits per heavy atom. The van der Waals surface area contributed by atoms with Crippen LogP contribution < -0.4 is 5.32 Å². The second-order valence-electron chi connectivity index (χ2n) is 4.74. The number of nitrogens with one attached hydrogen (secondary N) is 1. The van der Waals surface area contributed by atoms with E-state index in [0.29, 0.717) is 6.04 Å². The van der Waals surface area contributed by atoms with Crippen molar-refractivity contribution < 1.29 is 4.74 Å². The molecule has 0 aliphatic carbocycles. The van der Waals surface area contributed by atoms with Crippen LogP contribution in [0.2, 0.25) is 10.0 Å². The molecular weight excluding hydrogens is 269 g/mol. The van der Waals surface area contributed by atoms with Gasteiger partial charge in [-0.2, -0.15) is 0 Å². The smallest absolute Gasteiger partial charge is 0.0731 e. The monoisotopic (exact) mass is 287 g/mol. The van der Waals surface area contributed by atoms with Crippen molar-refractivity contribution in [2.45, 2.75) is 37.8 Å². The highest BCUT2D eigenvalue weighted by molar-refractivity contribution is 6.33. The normalized spacial score (nSPS) is 21.8. The van der Waals surface area contributed by atoms with E-state index in [1.165, 1.54) is 12.8 Å². The Balaban J connectivity index is 2.06. The lowest BCUT2D eigenvalue weighted by atomic mass is 9.96. The van der Waals surface area contributed by atoms with E-state index in [2.05, 4.69) is 5.32 Å². The average molecular weight is 288 g/mol. The highest BCUT2D eigenvalue weighted by Gasteiger charge is 2.24. The van der Waals surface area contributed by atoms with Crippen LogP contribution in [0.1, 0.15) is 24.8 Å². The summed E-state index contributed by atoms with van der Waals surface area (Å²) in [5.41, 5.74) is 1.08. The highest BCUT2D eigenvalue weighted by atomic mass is 35.5. The summed E-state index contributed by atoms with van der Waals surface area (Å²) in [7, 11) is 1.97. The Kier molecular flexibility index (Phi) is 5.31. The van der Waals surface area contributed by atoms with Crippen molar-refractivity contribution >= 4 is 23.2 Å². The molecule has 0 bridgehead atoms. The molecule has 4 heteroatoms. The molecule has 1 aromatic rings. The van der Waals surface area contributed by atoms with Gasteiger partial charge in [-0.05, 0) is 56.5 Å². The summed E-state index contributed by atoms with van der Waals surface area (Å²) in [5, 5.41) is 4.84. The molecule has 0 aromatic heterocycles. The van der Waals surface area contributed by atoms with Crippen LogP contribution >= 0.6 is 23.2 Å². The number of hydrogen-bond acceptors (Lipinski definition) is 2. The van der Waals surface area contributed by atoms with Gasteiger partial charge in [0.1, 0.15) is 0 Å². The van der Waals surface area contributed by atoms with E-state index in [-0.39, 0.29) is 6.10 Å². The van der Waals surface area contributed by atoms with Gasteiger partial charge in [0.15, 0.2) is 0 Å².